The molecule has 19 heavy (non-hydrogen) atoms. The molecule has 0 aliphatic rings. The summed E-state index contributed by atoms with van der Waals surface area (Å²) in [6.45, 7) is 4.14. The van der Waals surface area contributed by atoms with Crippen LogP contribution < -0.4 is 5.32 Å². The van der Waals surface area contributed by atoms with Crippen LogP contribution in [0, 0.1) is 5.92 Å². The number of pyridine rings is 1. The largest absolute Gasteiger partial charge is 0.416 e. The maximum absolute atomic E-state index is 12.5. The Hall–Kier alpha value is -1.30. The highest BCUT2D eigenvalue weighted by molar-refractivity contribution is 5.38. The number of nitrogens with one attached hydrogen (secondary N) is 1. The highest BCUT2D eigenvalue weighted by Crippen LogP contribution is 2.29. The van der Waals surface area contributed by atoms with Gasteiger partial charge < -0.3 is 10.4 Å². The molecule has 0 aromatic carbocycles. The molecule has 1 aromatic heterocycles. The van der Waals surface area contributed by atoms with E-state index in [0.717, 1.165) is 31.2 Å². The molecule has 0 aliphatic carbocycles. The molecule has 1 rings (SSSR count). The van der Waals surface area contributed by atoms with Gasteiger partial charge in [-0.15, -0.1) is 0 Å². The lowest BCUT2D eigenvalue weighted by molar-refractivity contribution is -0.137. The van der Waals surface area contributed by atoms with E-state index < -0.39 is 17.8 Å². The third-order valence-corrected chi connectivity index (χ3v) is 3.17. The smallest absolute Gasteiger partial charge is 0.391 e. The summed E-state index contributed by atoms with van der Waals surface area (Å²) >= 11 is 0. The highest BCUT2D eigenvalue weighted by atomic mass is 19.4. The monoisotopic (exact) mass is 276 g/mol. The summed E-state index contributed by atoms with van der Waals surface area (Å²) in [6.07, 6.45) is -2.21. The molecule has 1 aromatic rings. The normalized spacial score (nSPS) is 13.6. The summed E-state index contributed by atoms with van der Waals surface area (Å²) in [6, 6.07) is 1.86. The zero-order chi connectivity index (χ0) is 14.5. The molecule has 0 spiro atoms. The van der Waals surface area contributed by atoms with E-state index in [2.05, 4.69) is 10.3 Å². The minimum absolute atomic E-state index is 0.125. The van der Waals surface area contributed by atoms with Crippen LogP contribution in [0.15, 0.2) is 18.3 Å². The van der Waals surface area contributed by atoms with E-state index in [1.807, 2.05) is 13.8 Å². The maximum Gasteiger partial charge on any atom is 0.416 e. The lowest BCUT2D eigenvalue weighted by atomic mass is 9.96. The van der Waals surface area contributed by atoms with E-state index in [1.54, 1.807) is 0 Å². The number of halogens is 3. The van der Waals surface area contributed by atoms with E-state index in [1.165, 1.54) is 0 Å². The minimum atomic E-state index is -4.38. The summed E-state index contributed by atoms with van der Waals surface area (Å²) in [5.41, 5.74) is -0.748. The van der Waals surface area contributed by atoms with Gasteiger partial charge in [-0.1, -0.05) is 26.7 Å². The van der Waals surface area contributed by atoms with Crippen LogP contribution in [0.1, 0.15) is 32.3 Å². The highest BCUT2D eigenvalue weighted by Gasteiger charge is 2.30. The molecular formula is C13H19F3N2O. The zero-order valence-electron chi connectivity index (χ0n) is 11.0. The molecule has 1 atom stereocenters. The van der Waals surface area contributed by atoms with Gasteiger partial charge in [0.05, 0.1) is 11.7 Å². The molecule has 108 valence electrons. The first-order valence-electron chi connectivity index (χ1n) is 6.33. The van der Waals surface area contributed by atoms with E-state index >= 15 is 0 Å². The molecule has 0 fully saturated rings. The summed E-state index contributed by atoms with van der Waals surface area (Å²) in [4.78, 5) is 3.81. The number of nitrogens with zero attached hydrogens (tertiary/aromatic N) is 1. The Balaban J connectivity index is 2.63. The van der Waals surface area contributed by atoms with Crippen molar-refractivity contribution in [3.8, 4) is 0 Å². The van der Waals surface area contributed by atoms with Gasteiger partial charge in [-0.25, -0.2) is 4.98 Å². The lowest BCUT2D eigenvalue weighted by Crippen LogP contribution is -2.28. The van der Waals surface area contributed by atoms with Gasteiger partial charge in [0.1, 0.15) is 5.82 Å². The molecule has 0 bridgehead atoms. The Bertz CT molecular complexity index is 392. The number of hydrogen-bond donors (Lipinski definition) is 2. The Morgan fingerprint density at radius 2 is 1.95 bits per heavy atom. The molecular weight excluding hydrogens is 257 g/mol. The molecule has 0 amide bonds. The summed E-state index contributed by atoms with van der Waals surface area (Å²) < 4.78 is 37.5. The van der Waals surface area contributed by atoms with Gasteiger partial charge in [0.25, 0.3) is 0 Å². The quantitative estimate of drug-likeness (QED) is 0.838. The maximum atomic E-state index is 12.5. The van der Waals surface area contributed by atoms with Gasteiger partial charge in [0.2, 0.25) is 0 Å². The van der Waals surface area contributed by atoms with Crippen molar-refractivity contribution in [3.05, 3.63) is 23.9 Å². The van der Waals surface area contributed by atoms with Crippen molar-refractivity contribution in [2.24, 2.45) is 5.92 Å². The Labute approximate surface area is 110 Å². The van der Waals surface area contributed by atoms with Crippen molar-refractivity contribution in [2.75, 3.05) is 11.9 Å². The lowest BCUT2D eigenvalue weighted by Gasteiger charge is -2.20. The van der Waals surface area contributed by atoms with Crippen LogP contribution in [-0.2, 0) is 6.18 Å². The van der Waals surface area contributed by atoms with Crippen molar-refractivity contribution in [1.29, 1.82) is 0 Å². The molecule has 1 heterocycles. The molecule has 3 nitrogen and oxygen atoms in total. The molecule has 0 radical (unpaired) electrons. The van der Waals surface area contributed by atoms with E-state index in [0.29, 0.717) is 0 Å². The van der Waals surface area contributed by atoms with Gasteiger partial charge in [-0.3, -0.25) is 0 Å². The molecule has 0 saturated heterocycles. The fraction of sp³-hybridized carbons (Fsp3) is 0.615. The Kier molecular flexibility index (Phi) is 5.60. The molecule has 0 aliphatic heterocycles. The standard InChI is InChI=1S/C13H19F3N2O/c1-3-9(4-2)11(19)8-18-12-7-10(5-6-17-12)13(14,15)16/h5-7,9,11,19H,3-4,8H2,1-2H3,(H,17,18). The zero-order valence-corrected chi connectivity index (χ0v) is 11.0. The van der Waals surface area contributed by atoms with Crippen molar-refractivity contribution in [2.45, 2.75) is 39.0 Å². The predicted octanol–water partition coefficient (Wildman–Crippen LogP) is 3.31. The number of rotatable bonds is 6. The van der Waals surface area contributed by atoms with Crippen LogP contribution >= 0.6 is 0 Å². The van der Waals surface area contributed by atoms with Crippen LogP contribution in [0.3, 0.4) is 0 Å². The van der Waals surface area contributed by atoms with Crippen LogP contribution in [0.2, 0.25) is 0 Å². The second-order valence-electron chi connectivity index (χ2n) is 4.45. The van der Waals surface area contributed by atoms with Gasteiger partial charge in [0, 0.05) is 12.7 Å². The predicted molar refractivity (Wildman–Crippen MR) is 67.8 cm³/mol. The molecule has 2 N–H and O–H groups in total. The van der Waals surface area contributed by atoms with Gasteiger partial charge in [0.15, 0.2) is 0 Å². The number of aliphatic hydroxyl groups excluding tert-OH is 1. The second kappa shape index (κ2) is 6.75. The fourth-order valence-corrected chi connectivity index (χ4v) is 1.91. The number of aromatic nitrogens is 1. The van der Waals surface area contributed by atoms with E-state index in [-0.39, 0.29) is 18.3 Å². The van der Waals surface area contributed by atoms with Crippen LogP contribution in [0.5, 0.6) is 0 Å². The third kappa shape index (κ3) is 4.70. The van der Waals surface area contributed by atoms with Crippen molar-refractivity contribution >= 4 is 5.82 Å². The molecule has 1 unspecified atom stereocenters. The van der Waals surface area contributed by atoms with Crippen molar-refractivity contribution in [1.82, 2.24) is 4.98 Å². The Morgan fingerprint density at radius 1 is 1.32 bits per heavy atom. The fourth-order valence-electron chi connectivity index (χ4n) is 1.91. The van der Waals surface area contributed by atoms with Crippen molar-refractivity contribution in [3.63, 3.8) is 0 Å². The average molecular weight is 276 g/mol. The number of alkyl halides is 3. The first-order chi connectivity index (χ1) is 8.88. The van der Waals surface area contributed by atoms with Crippen LogP contribution in [-0.4, -0.2) is 22.7 Å². The first-order valence-corrected chi connectivity index (χ1v) is 6.33. The van der Waals surface area contributed by atoms with Gasteiger partial charge in [-0.05, 0) is 18.1 Å². The van der Waals surface area contributed by atoms with Gasteiger partial charge >= 0.3 is 6.18 Å². The van der Waals surface area contributed by atoms with Crippen molar-refractivity contribution < 1.29 is 18.3 Å². The minimum Gasteiger partial charge on any atom is -0.391 e. The van der Waals surface area contributed by atoms with Gasteiger partial charge in [-0.2, -0.15) is 13.2 Å². The molecule has 6 heteroatoms. The van der Waals surface area contributed by atoms with Crippen LogP contribution in [0.4, 0.5) is 19.0 Å². The SMILES string of the molecule is CCC(CC)C(O)CNc1cc(C(F)(F)F)ccn1. The third-order valence-electron chi connectivity index (χ3n) is 3.17. The Morgan fingerprint density at radius 3 is 2.47 bits per heavy atom. The number of aliphatic hydroxyl groups is 1. The average Bonchev–Trinajstić information content (AvgIpc) is 2.37. The number of hydrogen-bond acceptors (Lipinski definition) is 3. The topological polar surface area (TPSA) is 45.1 Å². The second-order valence-corrected chi connectivity index (χ2v) is 4.45. The number of anilines is 1. The summed E-state index contributed by atoms with van der Waals surface area (Å²) in [5, 5.41) is 12.6. The van der Waals surface area contributed by atoms with Crippen LogP contribution in [0.25, 0.3) is 0 Å². The summed E-state index contributed by atoms with van der Waals surface area (Å²) in [5.74, 6) is 0.262. The first kappa shape index (κ1) is 15.8. The molecule has 0 saturated carbocycles. The van der Waals surface area contributed by atoms with E-state index in [4.69, 9.17) is 0 Å². The summed E-state index contributed by atoms with van der Waals surface area (Å²) in [7, 11) is 0. The van der Waals surface area contributed by atoms with E-state index in [9.17, 15) is 18.3 Å².